The summed E-state index contributed by atoms with van der Waals surface area (Å²) in [7, 11) is 0. The van der Waals surface area contributed by atoms with Gasteiger partial charge in [-0.3, -0.25) is 4.99 Å². The fraction of sp³-hybridized carbons (Fsp3) is 0.179. The van der Waals surface area contributed by atoms with Gasteiger partial charge in [0.15, 0.2) is 0 Å². The third-order valence-electron chi connectivity index (χ3n) is 5.26. The molecule has 3 rings (SSSR count). The van der Waals surface area contributed by atoms with Crippen molar-refractivity contribution in [3.05, 3.63) is 113 Å². The molecular formula is C28H30FN5. The second kappa shape index (κ2) is 12.3. The van der Waals surface area contributed by atoms with E-state index in [0.29, 0.717) is 31.4 Å². The monoisotopic (exact) mass is 455 g/mol. The van der Waals surface area contributed by atoms with Gasteiger partial charge in [-0.1, -0.05) is 61.2 Å². The third-order valence-corrected chi connectivity index (χ3v) is 5.26. The van der Waals surface area contributed by atoms with Crippen LogP contribution in [-0.2, 0) is 13.1 Å². The van der Waals surface area contributed by atoms with Crippen LogP contribution in [0, 0.1) is 12.7 Å². The zero-order valence-electron chi connectivity index (χ0n) is 19.7. The number of aliphatic imine (C=N–C) groups is 3. The van der Waals surface area contributed by atoms with Gasteiger partial charge < -0.3 is 10.6 Å². The Labute approximate surface area is 200 Å². The molecule has 0 fully saturated rings. The van der Waals surface area contributed by atoms with E-state index in [1.54, 1.807) is 12.1 Å². The minimum atomic E-state index is -0.278. The Morgan fingerprint density at radius 2 is 1.68 bits per heavy atom. The molecule has 0 aromatic heterocycles. The molecule has 0 bridgehead atoms. The van der Waals surface area contributed by atoms with Gasteiger partial charge in [-0.2, -0.15) is 0 Å². The summed E-state index contributed by atoms with van der Waals surface area (Å²) in [5.74, 6) is 0.708. The first-order chi connectivity index (χ1) is 16.5. The number of guanidine groups is 1. The molecule has 34 heavy (non-hydrogen) atoms. The molecule has 0 saturated carbocycles. The van der Waals surface area contributed by atoms with E-state index >= 15 is 0 Å². The third kappa shape index (κ3) is 6.97. The average Bonchev–Trinajstić information content (AvgIpc) is 2.86. The van der Waals surface area contributed by atoms with Crippen LogP contribution in [0.1, 0.15) is 34.7 Å². The van der Waals surface area contributed by atoms with Crippen molar-refractivity contribution in [2.45, 2.75) is 26.9 Å². The highest BCUT2D eigenvalue weighted by molar-refractivity contribution is 6.09. The quantitative estimate of drug-likeness (QED) is 0.348. The minimum absolute atomic E-state index is 0.278. The van der Waals surface area contributed by atoms with Crippen molar-refractivity contribution < 1.29 is 4.39 Å². The Morgan fingerprint density at radius 1 is 0.941 bits per heavy atom. The van der Waals surface area contributed by atoms with E-state index in [1.165, 1.54) is 23.3 Å². The predicted octanol–water partition coefficient (Wildman–Crippen LogP) is 5.51. The molecule has 6 heteroatoms. The van der Waals surface area contributed by atoms with Crippen molar-refractivity contribution in [1.82, 2.24) is 10.6 Å². The highest BCUT2D eigenvalue weighted by atomic mass is 19.1. The fourth-order valence-corrected chi connectivity index (χ4v) is 3.32. The van der Waals surface area contributed by atoms with Crippen LogP contribution < -0.4 is 10.6 Å². The summed E-state index contributed by atoms with van der Waals surface area (Å²) in [4.78, 5) is 13.1. The summed E-state index contributed by atoms with van der Waals surface area (Å²) in [6.45, 7) is 13.5. The largest absolute Gasteiger partial charge is 0.381 e. The van der Waals surface area contributed by atoms with Crippen molar-refractivity contribution in [2.24, 2.45) is 15.0 Å². The molecule has 0 heterocycles. The summed E-state index contributed by atoms with van der Waals surface area (Å²) in [6.07, 6.45) is 0. The van der Waals surface area contributed by atoms with Gasteiger partial charge in [-0.15, -0.1) is 0 Å². The Morgan fingerprint density at radius 3 is 2.38 bits per heavy atom. The second-order valence-corrected chi connectivity index (χ2v) is 7.71. The van der Waals surface area contributed by atoms with Gasteiger partial charge >= 0.3 is 0 Å². The van der Waals surface area contributed by atoms with Crippen LogP contribution >= 0.6 is 0 Å². The molecule has 3 aromatic carbocycles. The fourth-order valence-electron chi connectivity index (χ4n) is 3.32. The van der Waals surface area contributed by atoms with Gasteiger partial charge in [0.25, 0.3) is 0 Å². The zero-order chi connectivity index (χ0) is 24.3. The lowest BCUT2D eigenvalue weighted by Gasteiger charge is -2.14. The van der Waals surface area contributed by atoms with E-state index in [0.717, 1.165) is 22.4 Å². The molecule has 0 aliphatic carbocycles. The zero-order valence-corrected chi connectivity index (χ0v) is 19.7. The Bertz CT molecular complexity index is 1200. The Hall–Kier alpha value is -4.06. The number of amidine groups is 1. The standard InChI is InChI=1S/C28H30FN5/c1-5-31-27(34-28(30-4)33-18-22-13-15-26(29)16-14-22)24-12-8-11-23(17-24)21(3)32-19-25-10-7-6-9-20(25)2/h6-17,32H,3-5,18-19H2,1-2H3,(H,31,33,34). The van der Waals surface area contributed by atoms with Crippen LogP contribution in [0.25, 0.3) is 5.70 Å². The lowest BCUT2D eigenvalue weighted by atomic mass is 10.1. The van der Waals surface area contributed by atoms with Crippen LogP contribution in [0.5, 0.6) is 0 Å². The van der Waals surface area contributed by atoms with E-state index in [-0.39, 0.29) is 5.82 Å². The van der Waals surface area contributed by atoms with Crippen molar-refractivity contribution in [3.8, 4) is 0 Å². The van der Waals surface area contributed by atoms with Gasteiger partial charge in [0.1, 0.15) is 11.7 Å². The van der Waals surface area contributed by atoms with Crippen LogP contribution in [0.3, 0.4) is 0 Å². The van der Waals surface area contributed by atoms with Crippen LogP contribution in [-0.4, -0.2) is 25.1 Å². The van der Waals surface area contributed by atoms with Gasteiger partial charge in [-0.05, 0) is 61.0 Å². The van der Waals surface area contributed by atoms with Crippen molar-refractivity contribution in [2.75, 3.05) is 6.54 Å². The van der Waals surface area contributed by atoms with E-state index in [9.17, 15) is 4.39 Å². The molecule has 174 valence electrons. The maximum absolute atomic E-state index is 13.1. The first-order valence-corrected chi connectivity index (χ1v) is 11.1. The number of hydrogen-bond acceptors (Lipinski definition) is 3. The molecule has 5 nitrogen and oxygen atoms in total. The first-order valence-electron chi connectivity index (χ1n) is 11.1. The number of benzene rings is 3. The summed E-state index contributed by atoms with van der Waals surface area (Å²) in [6, 6.07) is 22.5. The number of nitrogens with zero attached hydrogens (tertiary/aromatic N) is 3. The lowest BCUT2D eigenvalue weighted by Crippen LogP contribution is -2.30. The molecular weight excluding hydrogens is 425 g/mol. The minimum Gasteiger partial charge on any atom is -0.381 e. The molecule has 2 N–H and O–H groups in total. The van der Waals surface area contributed by atoms with Gasteiger partial charge in [-0.25, -0.2) is 14.4 Å². The van der Waals surface area contributed by atoms with E-state index in [4.69, 9.17) is 0 Å². The molecule has 0 radical (unpaired) electrons. The topological polar surface area (TPSA) is 61.1 Å². The van der Waals surface area contributed by atoms with Crippen molar-refractivity contribution in [3.63, 3.8) is 0 Å². The maximum atomic E-state index is 13.1. The van der Waals surface area contributed by atoms with Gasteiger partial charge in [0.2, 0.25) is 5.96 Å². The predicted molar refractivity (Wildman–Crippen MR) is 141 cm³/mol. The smallest absolute Gasteiger partial charge is 0.223 e. The molecule has 0 atom stereocenters. The molecule has 0 spiro atoms. The van der Waals surface area contributed by atoms with Crippen LogP contribution in [0.4, 0.5) is 4.39 Å². The molecule has 3 aromatic rings. The maximum Gasteiger partial charge on any atom is 0.223 e. The summed E-state index contributed by atoms with van der Waals surface area (Å²) >= 11 is 0. The SMILES string of the molecule is C=NC(=NCc1ccc(F)cc1)NC(=NCC)c1cccc(C(=C)NCc2ccccc2C)c1. The Balaban J connectivity index is 1.73. The van der Waals surface area contributed by atoms with Crippen LogP contribution in [0.15, 0.2) is 94.4 Å². The normalized spacial score (nSPS) is 11.7. The molecule has 0 amide bonds. The van der Waals surface area contributed by atoms with Crippen LogP contribution in [0.2, 0.25) is 0 Å². The summed E-state index contributed by atoms with van der Waals surface area (Å²) in [5, 5.41) is 6.60. The number of aryl methyl sites for hydroxylation is 1. The van der Waals surface area contributed by atoms with Crippen molar-refractivity contribution >= 4 is 24.2 Å². The van der Waals surface area contributed by atoms with Crippen molar-refractivity contribution in [1.29, 1.82) is 0 Å². The number of nitrogens with one attached hydrogen (secondary N) is 2. The van der Waals surface area contributed by atoms with E-state index in [2.05, 4.69) is 58.0 Å². The first kappa shape index (κ1) is 24.6. The van der Waals surface area contributed by atoms with Gasteiger partial charge in [0.05, 0.1) is 6.54 Å². The van der Waals surface area contributed by atoms with E-state index < -0.39 is 0 Å². The highest BCUT2D eigenvalue weighted by Crippen LogP contribution is 2.15. The molecule has 0 saturated heterocycles. The highest BCUT2D eigenvalue weighted by Gasteiger charge is 2.09. The molecule has 0 aliphatic rings. The number of hydrogen-bond donors (Lipinski definition) is 2. The Kier molecular flexibility index (Phi) is 8.86. The second-order valence-electron chi connectivity index (χ2n) is 7.71. The average molecular weight is 456 g/mol. The van der Waals surface area contributed by atoms with Gasteiger partial charge in [0, 0.05) is 24.4 Å². The summed E-state index contributed by atoms with van der Waals surface area (Å²) in [5.41, 5.74) is 6.02. The molecule has 0 aliphatic heterocycles. The number of halogens is 1. The van der Waals surface area contributed by atoms with E-state index in [1.807, 2.05) is 43.3 Å². The number of rotatable bonds is 8. The molecule has 0 unspecified atom stereocenters. The lowest BCUT2D eigenvalue weighted by molar-refractivity contribution is 0.627. The summed E-state index contributed by atoms with van der Waals surface area (Å²) < 4.78 is 13.1.